The zero-order valence-corrected chi connectivity index (χ0v) is 10.7. The molecule has 1 atom stereocenters. The molecule has 0 unspecified atom stereocenters. The van der Waals surface area contributed by atoms with E-state index in [1.165, 1.54) is 19.1 Å². The van der Waals surface area contributed by atoms with Crippen LogP contribution in [-0.2, 0) is 10.0 Å². The maximum atomic E-state index is 11.7. The van der Waals surface area contributed by atoms with E-state index >= 15 is 0 Å². The summed E-state index contributed by atoms with van der Waals surface area (Å²) in [7, 11) is -3.55. The average molecular weight is 259 g/mol. The van der Waals surface area contributed by atoms with E-state index in [2.05, 4.69) is 4.72 Å². The molecule has 0 heterocycles. The molecule has 0 amide bonds. The molecular weight excluding hydrogens is 242 g/mol. The minimum Gasteiger partial charge on any atom is -0.494 e. The average Bonchev–Trinajstić information content (AvgIpc) is 2.28. The van der Waals surface area contributed by atoms with E-state index in [1.54, 1.807) is 12.1 Å². The Hall–Kier alpha value is -1.11. The van der Waals surface area contributed by atoms with Gasteiger partial charge in [-0.25, -0.2) is 13.1 Å². The summed E-state index contributed by atoms with van der Waals surface area (Å²) in [5.41, 5.74) is 0. The highest BCUT2D eigenvalue weighted by Gasteiger charge is 2.14. The van der Waals surface area contributed by atoms with Crippen molar-refractivity contribution in [2.24, 2.45) is 0 Å². The van der Waals surface area contributed by atoms with Gasteiger partial charge >= 0.3 is 0 Å². The summed E-state index contributed by atoms with van der Waals surface area (Å²) in [4.78, 5) is 0.154. The first-order valence-electron chi connectivity index (χ1n) is 5.36. The molecule has 0 aromatic heterocycles. The summed E-state index contributed by atoms with van der Waals surface area (Å²) in [6.07, 6.45) is -0.715. The molecule has 17 heavy (non-hydrogen) atoms. The highest BCUT2D eigenvalue weighted by atomic mass is 32.2. The van der Waals surface area contributed by atoms with Crippen LogP contribution in [-0.4, -0.2) is 32.8 Å². The fraction of sp³-hybridized carbons (Fsp3) is 0.455. The van der Waals surface area contributed by atoms with Gasteiger partial charge in [-0.2, -0.15) is 0 Å². The van der Waals surface area contributed by atoms with Crippen LogP contribution in [0.1, 0.15) is 13.8 Å². The topological polar surface area (TPSA) is 75.6 Å². The fourth-order valence-electron chi connectivity index (χ4n) is 1.20. The second-order valence-corrected chi connectivity index (χ2v) is 5.37. The molecule has 0 spiro atoms. The minimum absolute atomic E-state index is 0.00442. The summed E-state index contributed by atoms with van der Waals surface area (Å²) in [6.45, 7) is 3.90. The van der Waals surface area contributed by atoms with Crippen LogP contribution in [0, 0.1) is 0 Å². The number of nitrogens with one attached hydrogen (secondary N) is 1. The van der Waals surface area contributed by atoms with Crippen molar-refractivity contribution in [2.45, 2.75) is 24.8 Å². The minimum atomic E-state index is -3.55. The number of aliphatic hydroxyl groups is 1. The summed E-state index contributed by atoms with van der Waals surface area (Å²) in [5.74, 6) is 0.627. The van der Waals surface area contributed by atoms with Crippen molar-refractivity contribution >= 4 is 10.0 Å². The molecule has 0 bridgehead atoms. The zero-order valence-electron chi connectivity index (χ0n) is 9.88. The molecule has 0 radical (unpaired) electrons. The molecule has 6 heteroatoms. The summed E-state index contributed by atoms with van der Waals surface area (Å²) in [5, 5.41) is 9.03. The molecule has 0 aliphatic rings. The maximum absolute atomic E-state index is 11.7. The smallest absolute Gasteiger partial charge is 0.240 e. The van der Waals surface area contributed by atoms with Gasteiger partial charge in [0.1, 0.15) is 5.75 Å². The molecule has 1 aromatic rings. The van der Waals surface area contributed by atoms with E-state index in [1.807, 2.05) is 6.92 Å². The van der Waals surface area contributed by atoms with E-state index < -0.39 is 16.1 Å². The molecule has 0 aliphatic heterocycles. The van der Waals surface area contributed by atoms with Gasteiger partial charge in [0.2, 0.25) is 10.0 Å². The Bertz CT molecular complexity index is 439. The summed E-state index contributed by atoms with van der Waals surface area (Å²) < 4.78 is 31.0. The number of hydrogen-bond donors (Lipinski definition) is 2. The van der Waals surface area contributed by atoms with Crippen LogP contribution in [0.2, 0.25) is 0 Å². The first-order chi connectivity index (χ1) is 7.95. The van der Waals surface area contributed by atoms with E-state index in [9.17, 15) is 8.42 Å². The molecular formula is C11H17NO4S. The van der Waals surface area contributed by atoms with Crippen LogP contribution >= 0.6 is 0 Å². The van der Waals surface area contributed by atoms with Crippen molar-refractivity contribution in [3.05, 3.63) is 24.3 Å². The van der Waals surface area contributed by atoms with Crippen molar-refractivity contribution in [1.82, 2.24) is 4.72 Å². The van der Waals surface area contributed by atoms with Gasteiger partial charge in [0.25, 0.3) is 0 Å². The third-order valence-electron chi connectivity index (χ3n) is 2.01. The number of hydrogen-bond acceptors (Lipinski definition) is 4. The summed E-state index contributed by atoms with van der Waals surface area (Å²) in [6, 6.07) is 6.13. The quantitative estimate of drug-likeness (QED) is 0.790. The SMILES string of the molecule is CCOc1ccc(S(=O)(=O)NC[C@@H](C)O)cc1. The third kappa shape index (κ3) is 4.33. The predicted molar refractivity (Wildman–Crippen MR) is 64.5 cm³/mol. The molecule has 5 nitrogen and oxygen atoms in total. The normalized spacial score (nSPS) is 13.4. The molecule has 2 N–H and O–H groups in total. The lowest BCUT2D eigenvalue weighted by atomic mass is 10.3. The monoisotopic (exact) mass is 259 g/mol. The lowest BCUT2D eigenvalue weighted by molar-refractivity contribution is 0.198. The number of aliphatic hydroxyl groups excluding tert-OH is 1. The van der Waals surface area contributed by atoms with Crippen molar-refractivity contribution in [3.63, 3.8) is 0 Å². The van der Waals surface area contributed by atoms with Gasteiger partial charge < -0.3 is 9.84 Å². The molecule has 0 fully saturated rings. The number of ether oxygens (including phenoxy) is 1. The van der Waals surface area contributed by atoms with Gasteiger partial charge in [0.15, 0.2) is 0 Å². The standard InChI is InChI=1S/C11H17NO4S/c1-3-16-10-4-6-11(7-5-10)17(14,15)12-8-9(2)13/h4-7,9,12-13H,3,8H2,1-2H3/t9-/m1/s1. The Labute approximate surface area is 101 Å². The van der Waals surface area contributed by atoms with Gasteiger partial charge in [0.05, 0.1) is 17.6 Å². The third-order valence-corrected chi connectivity index (χ3v) is 3.45. The second kappa shape index (κ2) is 6.00. The van der Waals surface area contributed by atoms with E-state index in [4.69, 9.17) is 9.84 Å². The van der Waals surface area contributed by atoms with Gasteiger partial charge in [-0.1, -0.05) is 0 Å². The molecule has 1 aromatic carbocycles. The lowest BCUT2D eigenvalue weighted by Gasteiger charge is -2.09. The number of sulfonamides is 1. The Morgan fingerprint density at radius 3 is 2.41 bits per heavy atom. The second-order valence-electron chi connectivity index (χ2n) is 3.61. The number of rotatable bonds is 6. The van der Waals surface area contributed by atoms with E-state index in [-0.39, 0.29) is 11.4 Å². The van der Waals surface area contributed by atoms with Gasteiger partial charge in [-0.3, -0.25) is 0 Å². The fourth-order valence-corrected chi connectivity index (χ4v) is 2.32. The molecule has 0 saturated heterocycles. The maximum Gasteiger partial charge on any atom is 0.240 e. The Kier molecular flexibility index (Phi) is 4.92. The van der Waals surface area contributed by atoms with Crippen molar-refractivity contribution < 1.29 is 18.3 Å². The van der Waals surface area contributed by atoms with Crippen LogP contribution in [0.5, 0.6) is 5.75 Å². The molecule has 0 saturated carbocycles. The van der Waals surface area contributed by atoms with E-state index in [0.717, 1.165) is 0 Å². The van der Waals surface area contributed by atoms with Crippen LogP contribution < -0.4 is 9.46 Å². The van der Waals surface area contributed by atoms with Crippen molar-refractivity contribution in [3.8, 4) is 5.75 Å². The highest BCUT2D eigenvalue weighted by Crippen LogP contribution is 2.15. The predicted octanol–water partition coefficient (Wildman–Crippen LogP) is 0.744. The Morgan fingerprint density at radius 1 is 1.35 bits per heavy atom. The van der Waals surface area contributed by atoms with Gasteiger partial charge in [-0.15, -0.1) is 0 Å². The molecule has 0 aliphatic carbocycles. The van der Waals surface area contributed by atoms with Crippen molar-refractivity contribution in [2.75, 3.05) is 13.2 Å². The van der Waals surface area contributed by atoms with Crippen LogP contribution in [0.3, 0.4) is 0 Å². The highest BCUT2D eigenvalue weighted by molar-refractivity contribution is 7.89. The van der Waals surface area contributed by atoms with Crippen LogP contribution in [0.25, 0.3) is 0 Å². The molecule has 1 rings (SSSR count). The van der Waals surface area contributed by atoms with Gasteiger partial charge in [-0.05, 0) is 38.1 Å². The van der Waals surface area contributed by atoms with Gasteiger partial charge in [0, 0.05) is 6.54 Å². The van der Waals surface area contributed by atoms with Crippen LogP contribution in [0.15, 0.2) is 29.2 Å². The number of benzene rings is 1. The van der Waals surface area contributed by atoms with Crippen LogP contribution in [0.4, 0.5) is 0 Å². The first kappa shape index (κ1) is 14.0. The zero-order chi connectivity index (χ0) is 12.9. The van der Waals surface area contributed by atoms with E-state index in [0.29, 0.717) is 12.4 Å². The van der Waals surface area contributed by atoms with Crippen molar-refractivity contribution in [1.29, 1.82) is 0 Å². The first-order valence-corrected chi connectivity index (χ1v) is 6.84. The summed E-state index contributed by atoms with van der Waals surface area (Å²) >= 11 is 0. The molecule has 96 valence electrons. The largest absolute Gasteiger partial charge is 0.494 e. The Morgan fingerprint density at radius 2 is 1.94 bits per heavy atom. The Balaban J connectivity index is 2.77. The lowest BCUT2D eigenvalue weighted by Crippen LogP contribution is -2.30.